The van der Waals surface area contributed by atoms with Crippen LogP contribution in [-0.2, 0) is 4.79 Å². The average Bonchev–Trinajstić information content (AvgIpc) is 2.85. The standard InChI is InChI=1S/C21H23NO3/c1-14(2)13-25-20-12-15(9-10-19(20)24-4)11-17-16-7-5-6-8-18(16)22(3)21(17)23/h5-12,14H,13H2,1-4H3/b17-11+. The maximum atomic E-state index is 12.6. The highest BCUT2D eigenvalue weighted by Gasteiger charge is 2.29. The molecule has 0 bridgehead atoms. The van der Waals surface area contributed by atoms with Gasteiger partial charge in [-0.05, 0) is 35.8 Å². The molecule has 0 saturated carbocycles. The first-order valence-electron chi connectivity index (χ1n) is 8.41. The zero-order valence-corrected chi connectivity index (χ0v) is 15.1. The van der Waals surface area contributed by atoms with Gasteiger partial charge in [0, 0.05) is 18.2 Å². The number of amides is 1. The van der Waals surface area contributed by atoms with Crippen LogP contribution in [0.1, 0.15) is 25.0 Å². The summed E-state index contributed by atoms with van der Waals surface area (Å²) in [4.78, 5) is 14.3. The Bertz CT molecular complexity index is 824. The lowest BCUT2D eigenvalue weighted by Gasteiger charge is -2.13. The minimum absolute atomic E-state index is 0.00154. The third-order valence-electron chi connectivity index (χ3n) is 4.16. The molecule has 0 N–H and O–H groups in total. The first-order chi connectivity index (χ1) is 12.0. The highest BCUT2D eigenvalue weighted by Crippen LogP contribution is 2.37. The maximum absolute atomic E-state index is 12.6. The van der Waals surface area contributed by atoms with Crippen LogP contribution in [0.2, 0.25) is 0 Å². The summed E-state index contributed by atoms with van der Waals surface area (Å²) >= 11 is 0. The van der Waals surface area contributed by atoms with E-state index in [0.717, 1.165) is 16.8 Å². The second-order valence-corrected chi connectivity index (χ2v) is 6.55. The number of benzene rings is 2. The number of hydrogen-bond donors (Lipinski definition) is 0. The Morgan fingerprint density at radius 2 is 1.88 bits per heavy atom. The maximum Gasteiger partial charge on any atom is 0.258 e. The van der Waals surface area contributed by atoms with Crippen molar-refractivity contribution in [1.29, 1.82) is 0 Å². The summed E-state index contributed by atoms with van der Waals surface area (Å²) in [6.07, 6.45) is 1.91. The van der Waals surface area contributed by atoms with Crippen molar-refractivity contribution in [2.75, 3.05) is 25.7 Å². The molecule has 0 spiro atoms. The van der Waals surface area contributed by atoms with Crippen LogP contribution in [0.15, 0.2) is 42.5 Å². The molecule has 25 heavy (non-hydrogen) atoms. The highest BCUT2D eigenvalue weighted by molar-refractivity contribution is 6.35. The molecule has 3 rings (SSSR count). The quantitative estimate of drug-likeness (QED) is 0.766. The molecule has 2 aromatic rings. The summed E-state index contributed by atoms with van der Waals surface area (Å²) < 4.78 is 11.2. The van der Waals surface area contributed by atoms with Gasteiger partial charge < -0.3 is 14.4 Å². The van der Waals surface area contributed by atoms with Crippen molar-refractivity contribution in [3.05, 3.63) is 53.6 Å². The number of hydrogen-bond acceptors (Lipinski definition) is 3. The van der Waals surface area contributed by atoms with Crippen LogP contribution >= 0.6 is 0 Å². The topological polar surface area (TPSA) is 38.8 Å². The van der Waals surface area contributed by atoms with Gasteiger partial charge in [-0.15, -0.1) is 0 Å². The smallest absolute Gasteiger partial charge is 0.258 e. The van der Waals surface area contributed by atoms with E-state index in [1.807, 2.05) is 48.5 Å². The zero-order chi connectivity index (χ0) is 18.0. The normalized spacial score (nSPS) is 15.0. The number of para-hydroxylation sites is 1. The molecule has 0 fully saturated rings. The minimum Gasteiger partial charge on any atom is -0.493 e. The van der Waals surface area contributed by atoms with Crippen LogP contribution in [0.4, 0.5) is 5.69 Å². The summed E-state index contributed by atoms with van der Waals surface area (Å²) in [7, 11) is 3.43. The van der Waals surface area contributed by atoms with Crippen molar-refractivity contribution in [1.82, 2.24) is 0 Å². The predicted molar refractivity (Wildman–Crippen MR) is 101 cm³/mol. The molecular weight excluding hydrogens is 314 g/mol. The average molecular weight is 337 g/mol. The van der Waals surface area contributed by atoms with Gasteiger partial charge in [-0.2, -0.15) is 0 Å². The van der Waals surface area contributed by atoms with Gasteiger partial charge in [-0.25, -0.2) is 0 Å². The van der Waals surface area contributed by atoms with Crippen molar-refractivity contribution in [2.45, 2.75) is 13.8 Å². The van der Waals surface area contributed by atoms with Gasteiger partial charge in [-0.1, -0.05) is 38.1 Å². The fourth-order valence-corrected chi connectivity index (χ4v) is 2.86. The Balaban J connectivity index is 1.98. The molecular formula is C21H23NO3. The van der Waals surface area contributed by atoms with Gasteiger partial charge in [0.25, 0.3) is 5.91 Å². The molecule has 1 amide bonds. The number of carbonyl (C=O) groups is 1. The van der Waals surface area contributed by atoms with E-state index in [9.17, 15) is 4.79 Å². The lowest BCUT2D eigenvalue weighted by Crippen LogP contribution is -2.20. The number of fused-ring (bicyclic) bond motifs is 1. The van der Waals surface area contributed by atoms with Crippen molar-refractivity contribution >= 4 is 23.2 Å². The summed E-state index contributed by atoms with van der Waals surface area (Å²) in [5.41, 5.74) is 3.49. The second kappa shape index (κ2) is 7.01. The lowest BCUT2D eigenvalue weighted by atomic mass is 10.0. The van der Waals surface area contributed by atoms with E-state index < -0.39 is 0 Å². The molecule has 1 aliphatic heterocycles. The van der Waals surface area contributed by atoms with Crippen molar-refractivity contribution < 1.29 is 14.3 Å². The molecule has 0 aliphatic carbocycles. The van der Waals surface area contributed by atoms with Crippen LogP contribution in [0.5, 0.6) is 11.5 Å². The Labute approximate surface area is 148 Å². The van der Waals surface area contributed by atoms with Crippen LogP contribution in [0.25, 0.3) is 11.6 Å². The largest absolute Gasteiger partial charge is 0.493 e. The van der Waals surface area contributed by atoms with E-state index in [2.05, 4.69) is 13.8 Å². The van der Waals surface area contributed by atoms with Gasteiger partial charge in [0.1, 0.15) is 0 Å². The van der Waals surface area contributed by atoms with Crippen molar-refractivity contribution in [3.8, 4) is 11.5 Å². The minimum atomic E-state index is 0.00154. The number of ether oxygens (including phenoxy) is 2. The van der Waals surface area contributed by atoms with Crippen molar-refractivity contribution in [2.24, 2.45) is 5.92 Å². The lowest BCUT2D eigenvalue weighted by molar-refractivity contribution is -0.112. The molecule has 4 nitrogen and oxygen atoms in total. The third-order valence-corrected chi connectivity index (χ3v) is 4.16. The van der Waals surface area contributed by atoms with Gasteiger partial charge in [0.15, 0.2) is 11.5 Å². The number of anilines is 1. The number of rotatable bonds is 5. The monoisotopic (exact) mass is 337 g/mol. The van der Waals surface area contributed by atoms with E-state index in [0.29, 0.717) is 29.6 Å². The number of nitrogens with zero attached hydrogens (tertiary/aromatic N) is 1. The summed E-state index contributed by atoms with van der Waals surface area (Å²) in [5.74, 6) is 1.81. The first-order valence-corrected chi connectivity index (χ1v) is 8.41. The second-order valence-electron chi connectivity index (χ2n) is 6.55. The fraction of sp³-hybridized carbons (Fsp3) is 0.286. The third kappa shape index (κ3) is 3.38. The Hall–Kier alpha value is -2.75. The molecule has 4 heteroatoms. The van der Waals surface area contributed by atoms with Crippen LogP contribution in [0.3, 0.4) is 0 Å². The van der Waals surface area contributed by atoms with Gasteiger partial charge in [0.05, 0.1) is 19.4 Å². The van der Waals surface area contributed by atoms with Crippen LogP contribution < -0.4 is 14.4 Å². The fourth-order valence-electron chi connectivity index (χ4n) is 2.86. The SMILES string of the molecule is COc1ccc(/C=C2/C(=O)N(C)c3ccccc32)cc1OCC(C)C. The van der Waals surface area contributed by atoms with Crippen LogP contribution in [-0.4, -0.2) is 26.7 Å². The molecule has 0 atom stereocenters. The van der Waals surface area contributed by atoms with E-state index >= 15 is 0 Å². The molecule has 2 aromatic carbocycles. The molecule has 0 saturated heterocycles. The zero-order valence-electron chi connectivity index (χ0n) is 15.1. The number of carbonyl (C=O) groups excluding carboxylic acids is 1. The number of methoxy groups -OCH3 is 1. The van der Waals surface area contributed by atoms with Gasteiger partial charge in [0.2, 0.25) is 0 Å². The molecule has 0 aromatic heterocycles. The molecule has 130 valence electrons. The summed E-state index contributed by atoms with van der Waals surface area (Å²) in [5, 5.41) is 0. The highest BCUT2D eigenvalue weighted by atomic mass is 16.5. The van der Waals surface area contributed by atoms with Crippen LogP contribution in [0, 0.1) is 5.92 Å². The first kappa shape index (κ1) is 17.1. The van der Waals surface area contributed by atoms with Crippen molar-refractivity contribution in [3.63, 3.8) is 0 Å². The summed E-state index contributed by atoms with van der Waals surface area (Å²) in [6, 6.07) is 13.5. The molecule has 1 aliphatic rings. The summed E-state index contributed by atoms with van der Waals surface area (Å²) in [6.45, 7) is 4.81. The van der Waals surface area contributed by atoms with E-state index in [1.165, 1.54) is 0 Å². The molecule has 1 heterocycles. The Morgan fingerprint density at radius 3 is 2.60 bits per heavy atom. The Morgan fingerprint density at radius 1 is 1.12 bits per heavy atom. The van der Waals surface area contributed by atoms with Gasteiger partial charge >= 0.3 is 0 Å². The predicted octanol–water partition coefficient (Wildman–Crippen LogP) is 4.25. The number of likely N-dealkylation sites (N-methyl/N-ethyl adjacent to an activating group) is 1. The Kier molecular flexibility index (Phi) is 4.79. The molecule has 0 unspecified atom stereocenters. The van der Waals surface area contributed by atoms with E-state index in [4.69, 9.17) is 9.47 Å². The van der Waals surface area contributed by atoms with Gasteiger partial charge in [-0.3, -0.25) is 4.79 Å². The van der Waals surface area contributed by atoms with E-state index in [-0.39, 0.29) is 5.91 Å². The molecule has 0 radical (unpaired) electrons. The van der Waals surface area contributed by atoms with E-state index in [1.54, 1.807) is 19.1 Å².